The lowest BCUT2D eigenvalue weighted by atomic mass is 10.0. The summed E-state index contributed by atoms with van der Waals surface area (Å²) in [6.45, 7) is 0. The first kappa shape index (κ1) is 22.4. The highest BCUT2D eigenvalue weighted by Crippen LogP contribution is 2.20. The van der Waals surface area contributed by atoms with Crippen LogP contribution in [0.15, 0.2) is 69.8 Å². The van der Waals surface area contributed by atoms with Crippen LogP contribution < -0.4 is 21.2 Å². The molecule has 0 aliphatic heterocycles. The van der Waals surface area contributed by atoms with Crippen molar-refractivity contribution >= 4 is 41.1 Å². The van der Waals surface area contributed by atoms with Crippen LogP contribution in [0.5, 0.6) is 0 Å². The Balaban J connectivity index is 1.38. The molecule has 0 spiro atoms. The van der Waals surface area contributed by atoms with Crippen molar-refractivity contribution in [3.8, 4) is 11.1 Å². The average molecular weight is 462 g/mol. The zero-order chi connectivity index (χ0) is 23.2. The number of rotatable bonds is 9. The summed E-state index contributed by atoms with van der Waals surface area (Å²) in [5.41, 5.74) is 8.93. The van der Waals surface area contributed by atoms with Gasteiger partial charge in [-0.1, -0.05) is 0 Å². The maximum Gasteiger partial charge on any atom is 0.193 e. The molecule has 0 bridgehead atoms. The summed E-state index contributed by atoms with van der Waals surface area (Å²) in [7, 11) is 3.50. The lowest BCUT2D eigenvalue weighted by molar-refractivity contribution is 0.768. The lowest BCUT2D eigenvalue weighted by Gasteiger charge is -2.10. The van der Waals surface area contributed by atoms with Gasteiger partial charge in [0.15, 0.2) is 5.43 Å². The monoisotopic (exact) mass is 461 g/mol. The van der Waals surface area contributed by atoms with E-state index in [9.17, 15) is 4.79 Å². The number of H-pyrrole nitrogens is 1. The van der Waals surface area contributed by atoms with Gasteiger partial charge in [-0.15, -0.1) is 0 Å². The summed E-state index contributed by atoms with van der Waals surface area (Å²) in [6, 6.07) is 9.38. The van der Waals surface area contributed by atoms with Crippen molar-refractivity contribution in [1.82, 2.24) is 30.1 Å². The first-order chi connectivity index (χ1) is 16.1. The Morgan fingerprint density at radius 1 is 1.24 bits per heavy atom. The summed E-state index contributed by atoms with van der Waals surface area (Å²) in [4.78, 5) is 28.2. The number of benzene rings is 1. The van der Waals surface area contributed by atoms with Gasteiger partial charge in [0, 0.05) is 77.6 Å². The quantitative estimate of drug-likeness (QED) is 0.112. The number of aromatic nitrogens is 4. The molecule has 4 aromatic rings. The van der Waals surface area contributed by atoms with Gasteiger partial charge in [0.2, 0.25) is 0 Å². The van der Waals surface area contributed by atoms with Crippen LogP contribution in [-0.2, 0) is 7.05 Å². The van der Waals surface area contributed by atoms with Crippen molar-refractivity contribution in [2.75, 3.05) is 12.5 Å². The van der Waals surface area contributed by atoms with Gasteiger partial charge in [0.05, 0.1) is 12.1 Å². The molecule has 1 unspecified atom stereocenters. The van der Waals surface area contributed by atoms with E-state index in [1.54, 1.807) is 36.5 Å². The van der Waals surface area contributed by atoms with E-state index in [1.807, 2.05) is 43.6 Å². The normalized spacial score (nSPS) is 12.3. The number of pyridine rings is 2. The van der Waals surface area contributed by atoms with Crippen LogP contribution in [0.3, 0.4) is 0 Å². The average Bonchev–Trinajstić information content (AvgIpc) is 3.28. The minimum Gasteiger partial charge on any atom is -0.361 e. The Bertz CT molecular complexity index is 1340. The van der Waals surface area contributed by atoms with Crippen molar-refractivity contribution < 1.29 is 0 Å². The third-order valence-electron chi connectivity index (χ3n) is 4.94. The van der Waals surface area contributed by atoms with Crippen molar-refractivity contribution in [3.05, 3.63) is 70.9 Å². The van der Waals surface area contributed by atoms with E-state index in [2.05, 4.69) is 35.9 Å². The second kappa shape index (κ2) is 10.2. The number of anilines is 1. The van der Waals surface area contributed by atoms with Gasteiger partial charge in [0.1, 0.15) is 5.82 Å². The van der Waals surface area contributed by atoms with Gasteiger partial charge in [-0.25, -0.2) is 4.98 Å². The Morgan fingerprint density at radius 2 is 2.12 bits per heavy atom. The molecule has 3 aromatic heterocycles. The van der Waals surface area contributed by atoms with Gasteiger partial charge < -0.3 is 10.4 Å². The predicted octanol–water partition coefficient (Wildman–Crippen LogP) is 2.89. The van der Waals surface area contributed by atoms with E-state index in [1.165, 1.54) is 18.2 Å². The lowest BCUT2D eigenvalue weighted by Crippen LogP contribution is -2.31. The van der Waals surface area contributed by atoms with Crippen molar-refractivity contribution in [2.24, 2.45) is 12.0 Å². The van der Waals surface area contributed by atoms with Crippen LogP contribution in [0.2, 0.25) is 0 Å². The number of hydrogen-bond acceptors (Lipinski definition) is 9. The highest BCUT2D eigenvalue weighted by molar-refractivity contribution is 7.97. The molecule has 0 aliphatic rings. The molecule has 0 radical (unpaired) electrons. The van der Waals surface area contributed by atoms with Crippen LogP contribution in [0.4, 0.5) is 5.82 Å². The van der Waals surface area contributed by atoms with Crippen LogP contribution in [0, 0.1) is 5.41 Å². The number of aryl methyl sites for hydroxylation is 1. The molecule has 0 aliphatic carbocycles. The molecule has 11 heteroatoms. The Hall–Kier alpha value is -3.80. The Morgan fingerprint density at radius 3 is 2.82 bits per heavy atom. The third kappa shape index (κ3) is 5.17. The van der Waals surface area contributed by atoms with E-state index >= 15 is 0 Å². The SMILES string of the molecule is CN=CC(C=N)c1c[nH]c2ccc(SNNNc3ccc(-c4cnn(C)c4)cn3)cc2c1=O. The van der Waals surface area contributed by atoms with E-state index in [0.717, 1.165) is 21.5 Å². The van der Waals surface area contributed by atoms with Crippen molar-refractivity contribution in [3.63, 3.8) is 0 Å². The van der Waals surface area contributed by atoms with Crippen molar-refractivity contribution in [1.29, 1.82) is 5.41 Å². The summed E-state index contributed by atoms with van der Waals surface area (Å²) in [6.07, 6.45) is 9.92. The summed E-state index contributed by atoms with van der Waals surface area (Å²) >= 11 is 1.31. The Kier molecular flexibility index (Phi) is 6.93. The van der Waals surface area contributed by atoms with E-state index in [0.29, 0.717) is 16.8 Å². The fourth-order valence-electron chi connectivity index (χ4n) is 3.28. The minimum absolute atomic E-state index is 0.122. The molecule has 3 heterocycles. The standard InChI is InChI=1S/C22H23N9OS/c1-24-9-15(8-23)19-12-25-20-5-4-17(7-18(20)22(19)32)33-30-29-28-21-6-3-14(10-26-21)16-11-27-31(2)13-16/h3-13,15,23,29-30H,1-2H3,(H,25,32)(H,26,28). The third-order valence-corrected chi connectivity index (χ3v) is 5.64. The van der Waals surface area contributed by atoms with Gasteiger partial charge in [0.25, 0.3) is 0 Å². The topological polar surface area (TPSA) is 136 Å². The zero-order valence-electron chi connectivity index (χ0n) is 18.0. The maximum absolute atomic E-state index is 12.9. The number of hydrazine groups is 2. The molecule has 10 nitrogen and oxygen atoms in total. The van der Waals surface area contributed by atoms with Gasteiger partial charge in [-0.05, 0) is 42.3 Å². The van der Waals surface area contributed by atoms with Crippen molar-refractivity contribution in [2.45, 2.75) is 10.8 Å². The number of aromatic amines is 1. The molecule has 0 fully saturated rings. The van der Waals surface area contributed by atoms with Crippen LogP contribution >= 0.6 is 11.9 Å². The first-order valence-electron chi connectivity index (χ1n) is 10.0. The molecule has 168 valence electrons. The predicted molar refractivity (Wildman–Crippen MR) is 133 cm³/mol. The number of nitrogens with zero attached hydrogens (tertiary/aromatic N) is 4. The largest absolute Gasteiger partial charge is 0.361 e. The summed E-state index contributed by atoms with van der Waals surface area (Å²) in [5.74, 6) is 0.186. The smallest absolute Gasteiger partial charge is 0.193 e. The van der Waals surface area contributed by atoms with Crippen LogP contribution in [-0.4, -0.2) is 39.2 Å². The summed E-state index contributed by atoms with van der Waals surface area (Å²) in [5, 5.41) is 12.3. The molecule has 0 saturated carbocycles. The van der Waals surface area contributed by atoms with Gasteiger partial charge in [-0.2, -0.15) is 15.5 Å². The van der Waals surface area contributed by atoms with Crippen LogP contribution in [0.25, 0.3) is 22.0 Å². The minimum atomic E-state index is -0.458. The molecular weight excluding hydrogens is 438 g/mol. The number of hydrogen-bond donors (Lipinski definition) is 5. The number of aliphatic imine (C=N–C) groups is 1. The molecule has 5 N–H and O–H groups in total. The fourth-order valence-corrected chi connectivity index (χ4v) is 3.81. The fraction of sp³-hybridized carbons (Fsp3) is 0.136. The van der Waals surface area contributed by atoms with Gasteiger partial charge >= 0.3 is 0 Å². The Labute approximate surface area is 194 Å². The maximum atomic E-state index is 12.9. The first-order valence-corrected chi connectivity index (χ1v) is 10.9. The number of nitrogens with one attached hydrogen (secondary N) is 5. The zero-order valence-corrected chi connectivity index (χ0v) is 18.9. The van der Waals surface area contributed by atoms with Gasteiger partial charge in [-0.3, -0.25) is 19.9 Å². The summed E-state index contributed by atoms with van der Waals surface area (Å²) < 4.78 is 1.75. The molecule has 0 amide bonds. The molecular formula is C22H23N9OS. The highest BCUT2D eigenvalue weighted by atomic mass is 32.2. The second-order valence-electron chi connectivity index (χ2n) is 7.17. The number of fused-ring (bicyclic) bond motifs is 1. The van der Waals surface area contributed by atoms with E-state index in [4.69, 9.17) is 5.41 Å². The molecule has 33 heavy (non-hydrogen) atoms. The van der Waals surface area contributed by atoms with E-state index < -0.39 is 5.92 Å². The molecule has 1 aromatic carbocycles. The molecule has 4 rings (SSSR count). The highest BCUT2D eigenvalue weighted by Gasteiger charge is 2.13. The molecule has 0 saturated heterocycles. The van der Waals surface area contributed by atoms with E-state index in [-0.39, 0.29) is 5.43 Å². The molecule has 1 atom stereocenters. The van der Waals surface area contributed by atoms with Crippen LogP contribution in [0.1, 0.15) is 11.5 Å². The second-order valence-corrected chi connectivity index (χ2v) is 8.05.